The number of thiophene rings is 1. The van der Waals surface area contributed by atoms with Crippen molar-refractivity contribution < 1.29 is 8.42 Å². The molecule has 0 aromatic carbocycles. The molecule has 19 heavy (non-hydrogen) atoms. The summed E-state index contributed by atoms with van der Waals surface area (Å²) < 4.78 is 27.2. The number of nitrogens with one attached hydrogen (secondary N) is 1. The largest absolute Gasteiger partial charge is 0.314 e. The van der Waals surface area contributed by atoms with E-state index in [2.05, 4.69) is 19.2 Å². The molecule has 1 aromatic rings. The molecule has 2 rings (SSSR count). The van der Waals surface area contributed by atoms with Crippen molar-refractivity contribution in [3.05, 3.63) is 17.0 Å². The number of piperidine rings is 1. The van der Waals surface area contributed by atoms with Gasteiger partial charge in [0, 0.05) is 24.0 Å². The van der Waals surface area contributed by atoms with Crippen molar-refractivity contribution in [2.45, 2.75) is 37.4 Å². The maximum absolute atomic E-state index is 12.5. The first kappa shape index (κ1) is 15.0. The molecule has 2 unspecified atom stereocenters. The fourth-order valence-electron chi connectivity index (χ4n) is 2.57. The van der Waals surface area contributed by atoms with Crippen LogP contribution in [0.2, 0.25) is 0 Å². The molecule has 2 heterocycles. The molecule has 1 aromatic heterocycles. The van der Waals surface area contributed by atoms with E-state index in [0.717, 1.165) is 17.8 Å². The van der Waals surface area contributed by atoms with Gasteiger partial charge in [0.1, 0.15) is 4.21 Å². The van der Waals surface area contributed by atoms with Crippen molar-refractivity contribution in [2.24, 2.45) is 5.92 Å². The normalized spacial score (nSPS) is 25.6. The fraction of sp³-hybridized carbons (Fsp3) is 0.692. The van der Waals surface area contributed by atoms with Crippen molar-refractivity contribution in [1.82, 2.24) is 9.62 Å². The van der Waals surface area contributed by atoms with Gasteiger partial charge < -0.3 is 5.32 Å². The summed E-state index contributed by atoms with van der Waals surface area (Å²) in [6.07, 6.45) is 0.887. The van der Waals surface area contributed by atoms with E-state index < -0.39 is 10.0 Å². The zero-order chi connectivity index (χ0) is 14.0. The van der Waals surface area contributed by atoms with Gasteiger partial charge in [-0.25, -0.2) is 8.42 Å². The molecule has 0 aliphatic carbocycles. The summed E-state index contributed by atoms with van der Waals surface area (Å²) in [6, 6.07) is 4.02. The molecule has 0 saturated carbocycles. The van der Waals surface area contributed by atoms with E-state index in [4.69, 9.17) is 0 Å². The number of hydrogen-bond acceptors (Lipinski definition) is 4. The van der Waals surface area contributed by atoms with E-state index in [1.165, 1.54) is 11.3 Å². The molecule has 0 radical (unpaired) electrons. The highest BCUT2D eigenvalue weighted by molar-refractivity contribution is 7.91. The highest BCUT2D eigenvalue weighted by atomic mass is 32.2. The highest BCUT2D eigenvalue weighted by Gasteiger charge is 2.33. The topological polar surface area (TPSA) is 49.4 Å². The van der Waals surface area contributed by atoms with E-state index in [1.807, 2.05) is 13.0 Å². The minimum Gasteiger partial charge on any atom is -0.314 e. The average molecular weight is 302 g/mol. The maximum atomic E-state index is 12.5. The summed E-state index contributed by atoms with van der Waals surface area (Å²) in [5, 5.41) is 3.43. The van der Waals surface area contributed by atoms with Gasteiger partial charge >= 0.3 is 0 Å². The molecular formula is C13H22N2O2S2. The summed E-state index contributed by atoms with van der Waals surface area (Å²) in [7, 11) is -3.29. The second-order valence-electron chi connectivity index (χ2n) is 5.16. The van der Waals surface area contributed by atoms with E-state index in [1.54, 1.807) is 10.4 Å². The van der Waals surface area contributed by atoms with Crippen LogP contribution in [0.3, 0.4) is 0 Å². The fourth-order valence-corrected chi connectivity index (χ4v) is 5.56. The standard InChI is InChI=1S/C13H22N2O2S2/c1-4-14-12-7-8-15(9-10(12)2)19(16,17)13-6-5-11(3)18-13/h5-6,10,12,14H,4,7-9H2,1-3H3. The third kappa shape index (κ3) is 3.18. The maximum Gasteiger partial charge on any atom is 0.252 e. The first-order valence-electron chi connectivity index (χ1n) is 6.75. The Kier molecular flexibility index (Phi) is 4.66. The van der Waals surface area contributed by atoms with Gasteiger partial charge in [0.25, 0.3) is 10.0 Å². The molecular weight excluding hydrogens is 280 g/mol. The lowest BCUT2D eigenvalue weighted by Gasteiger charge is -2.36. The summed E-state index contributed by atoms with van der Waals surface area (Å²) in [5.41, 5.74) is 0. The van der Waals surface area contributed by atoms with Crippen molar-refractivity contribution in [2.75, 3.05) is 19.6 Å². The Labute approximate surface area is 119 Å². The molecule has 1 aliphatic heterocycles. The van der Waals surface area contributed by atoms with Crippen LogP contribution in [-0.2, 0) is 10.0 Å². The number of rotatable bonds is 4. The van der Waals surface area contributed by atoms with E-state index in [9.17, 15) is 8.42 Å². The van der Waals surface area contributed by atoms with Crippen LogP contribution in [0.25, 0.3) is 0 Å². The third-order valence-corrected chi connectivity index (χ3v) is 6.98. The second-order valence-corrected chi connectivity index (χ2v) is 8.61. The Bertz CT molecular complexity index is 525. The van der Waals surface area contributed by atoms with Crippen molar-refractivity contribution in [3.8, 4) is 0 Å². The Morgan fingerprint density at radius 2 is 2.21 bits per heavy atom. The van der Waals surface area contributed by atoms with Gasteiger partial charge in [-0.2, -0.15) is 4.31 Å². The lowest BCUT2D eigenvalue weighted by atomic mass is 9.95. The first-order chi connectivity index (χ1) is 8.95. The van der Waals surface area contributed by atoms with Crippen LogP contribution < -0.4 is 5.32 Å². The minimum atomic E-state index is -3.29. The average Bonchev–Trinajstić information content (AvgIpc) is 2.79. The predicted molar refractivity (Wildman–Crippen MR) is 79.1 cm³/mol. The van der Waals surface area contributed by atoms with Crippen LogP contribution >= 0.6 is 11.3 Å². The molecule has 1 fully saturated rings. The molecule has 6 heteroatoms. The lowest BCUT2D eigenvalue weighted by Crippen LogP contribution is -2.49. The molecule has 108 valence electrons. The van der Waals surface area contributed by atoms with Gasteiger partial charge in [-0.1, -0.05) is 13.8 Å². The quantitative estimate of drug-likeness (QED) is 0.926. The third-order valence-electron chi connectivity index (χ3n) is 3.64. The number of sulfonamides is 1. The first-order valence-corrected chi connectivity index (χ1v) is 9.00. The number of hydrogen-bond donors (Lipinski definition) is 1. The van der Waals surface area contributed by atoms with Crippen molar-refractivity contribution >= 4 is 21.4 Å². The zero-order valence-electron chi connectivity index (χ0n) is 11.7. The summed E-state index contributed by atoms with van der Waals surface area (Å²) in [4.78, 5) is 1.04. The second kappa shape index (κ2) is 5.91. The SMILES string of the molecule is CCNC1CCN(S(=O)(=O)c2ccc(C)s2)CC1C. The Balaban J connectivity index is 2.11. The number of aryl methyl sites for hydroxylation is 1. The molecule has 2 atom stereocenters. The molecule has 0 bridgehead atoms. The highest BCUT2D eigenvalue weighted by Crippen LogP contribution is 2.28. The molecule has 0 amide bonds. The van der Waals surface area contributed by atoms with Crippen LogP contribution in [0.4, 0.5) is 0 Å². The zero-order valence-corrected chi connectivity index (χ0v) is 13.4. The van der Waals surface area contributed by atoms with Gasteiger partial charge in [-0.3, -0.25) is 0 Å². The van der Waals surface area contributed by atoms with Crippen LogP contribution in [0.5, 0.6) is 0 Å². The van der Waals surface area contributed by atoms with Crippen molar-refractivity contribution in [1.29, 1.82) is 0 Å². The molecule has 1 N–H and O–H groups in total. The van der Waals surface area contributed by atoms with Crippen molar-refractivity contribution in [3.63, 3.8) is 0 Å². The van der Waals surface area contributed by atoms with Gasteiger partial charge in [-0.15, -0.1) is 11.3 Å². The van der Waals surface area contributed by atoms with E-state index >= 15 is 0 Å². The summed E-state index contributed by atoms with van der Waals surface area (Å²) in [6.45, 7) is 8.30. The van der Waals surface area contributed by atoms with Gasteiger partial charge in [0.15, 0.2) is 0 Å². The monoisotopic (exact) mass is 302 g/mol. The molecule has 0 spiro atoms. The lowest BCUT2D eigenvalue weighted by molar-refractivity contribution is 0.223. The van der Waals surface area contributed by atoms with Crippen LogP contribution in [0.1, 0.15) is 25.1 Å². The molecule has 4 nitrogen and oxygen atoms in total. The molecule has 1 aliphatic rings. The summed E-state index contributed by atoms with van der Waals surface area (Å²) >= 11 is 1.36. The van der Waals surface area contributed by atoms with Crippen LogP contribution in [0.15, 0.2) is 16.3 Å². The Morgan fingerprint density at radius 3 is 2.74 bits per heavy atom. The Morgan fingerprint density at radius 1 is 1.47 bits per heavy atom. The van der Waals surface area contributed by atoms with E-state index in [-0.39, 0.29) is 0 Å². The smallest absolute Gasteiger partial charge is 0.252 e. The number of nitrogens with zero attached hydrogens (tertiary/aromatic N) is 1. The summed E-state index contributed by atoms with van der Waals surface area (Å²) in [5.74, 6) is 0.351. The Hall–Kier alpha value is -0.430. The van der Waals surface area contributed by atoms with E-state index in [0.29, 0.717) is 29.3 Å². The van der Waals surface area contributed by atoms with Crippen LogP contribution in [0, 0.1) is 12.8 Å². The van der Waals surface area contributed by atoms with Gasteiger partial charge in [0.05, 0.1) is 0 Å². The minimum absolute atomic E-state index is 0.351. The van der Waals surface area contributed by atoms with Crippen LogP contribution in [-0.4, -0.2) is 38.4 Å². The molecule has 1 saturated heterocycles. The predicted octanol–water partition coefficient (Wildman–Crippen LogP) is 2.07. The van der Waals surface area contributed by atoms with Gasteiger partial charge in [-0.05, 0) is 37.9 Å². The van der Waals surface area contributed by atoms with Gasteiger partial charge in [0.2, 0.25) is 0 Å².